The van der Waals surface area contributed by atoms with Crippen LogP contribution in [0.5, 0.6) is 5.75 Å². The lowest BCUT2D eigenvalue weighted by Crippen LogP contribution is -2.15. The molecule has 0 saturated carbocycles. The fourth-order valence-electron chi connectivity index (χ4n) is 1.53. The van der Waals surface area contributed by atoms with Crippen molar-refractivity contribution >= 4 is 18.1 Å². The fourth-order valence-corrected chi connectivity index (χ4v) is 1.53. The minimum absolute atomic E-state index is 0.0950. The highest BCUT2D eigenvalue weighted by Gasteiger charge is 2.17. The summed E-state index contributed by atoms with van der Waals surface area (Å²) in [6.45, 7) is 0.454. The minimum Gasteiger partial charge on any atom is -0.492 e. The number of allylic oxidation sites excluding steroid dienone is 1. The number of ketones is 1. The number of fused-ring (bicyclic) bond motifs is 1. The van der Waals surface area contributed by atoms with Gasteiger partial charge in [0, 0.05) is 6.42 Å². The molecule has 0 spiro atoms. The maximum atomic E-state index is 11.5. The summed E-state index contributed by atoms with van der Waals surface area (Å²) in [6.07, 6.45) is 4.19. The topological polar surface area (TPSA) is 43.4 Å². The molecule has 1 aliphatic heterocycles. The number of Topliss-reactive ketones (excluding diaryl/α,β-unsaturated/α-hetero) is 1. The van der Waals surface area contributed by atoms with Crippen LogP contribution < -0.4 is 4.74 Å². The summed E-state index contributed by atoms with van der Waals surface area (Å²) in [4.78, 5) is 21.7. The predicted octanol–water partition coefficient (Wildman–Crippen LogP) is 1.86. The van der Waals surface area contributed by atoms with Gasteiger partial charge in [0.05, 0.1) is 12.2 Å². The first-order valence-electron chi connectivity index (χ1n) is 4.73. The van der Waals surface area contributed by atoms with E-state index in [0.717, 1.165) is 5.56 Å². The largest absolute Gasteiger partial charge is 0.492 e. The molecule has 2 rings (SSSR count). The van der Waals surface area contributed by atoms with Crippen LogP contribution in [0.4, 0.5) is 0 Å². The molecule has 0 aliphatic carbocycles. The standard InChI is InChI=1S/C12H10O3/c13-6-1-2-9-3-4-12-10(8-9)11(14)5-7-15-12/h1-4,6,8H,5,7H2. The van der Waals surface area contributed by atoms with Gasteiger partial charge in [-0.1, -0.05) is 12.1 Å². The third kappa shape index (κ3) is 1.96. The zero-order chi connectivity index (χ0) is 10.7. The van der Waals surface area contributed by atoms with Crippen molar-refractivity contribution < 1.29 is 14.3 Å². The van der Waals surface area contributed by atoms with Gasteiger partial charge < -0.3 is 4.74 Å². The Labute approximate surface area is 87.4 Å². The number of carbonyl (C=O) groups excluding carboxylic acids is 2. The Bertz CT molecular complexity index is 432. The van der Waals surface area contributed by atoms with Crippen molar-refractivity contribution in [3.05, 3.63) is 35.4 Å². The van der Waals surface area contributed by atoms with Crippen LogP contribution in [0.25, 0.3) is 6.08 Å². The van der Waals surface area contributed by atoms with Crippen molar-refractivity contribution in [2.45, 2.75) is 6.42 Å². The molecule has 1 aliphatic rings. The monoisotopic (exact) mass is 202 g/mol. The maximum absolute atomic E-state index is 11.5. The number of aldehydes is 1. The number of benzene rings is 1. The van der Waals surface area contributed by atoms with Crippen molar-refractivity contribution in [2.24, 2.45) is 0 Å². The van der Waals surface area contributed by atoms with E-state index in [4.69, 9.17) is 4.74 Å². The van der Waals surface area contributed by atoms with Crippen molar-refractivity contribution in [3.63, 3.8) is 0 Å². The van der Waals surface area contributed by atoms with E-state index >= 15 is 0 Å². The number of carbonyl (C=O) groups is 2. The molecule has 0 radical (unpaired) electrons. The van der Waals surface area contributed by atoms with Gasteiger partial charge in [-0.3, -0.25) is 9.59 Å². The Morgan fingerprint density at radius 3 is 3.00 bits per heavy atom. The molecule has 0 unspecified atom stereocenters. The molecular weight excluding hydrogens is 192 g/mol. The van der Waals surface area contributed by atoms with Crippen LogP contribution in [0.15, 0.2) is 24.3 Å². The highest BCUT2D eigenvalue weighted by Crippen LogP contribution is 2.25. The lowest BCUT2D eigenvalue weighted by molar-refractivity contribution is -0.104. The Morgan fingerprint density at radius 2 is 2.20 bits per heavy atom. The predicted molar refractivity (Wildman–Crippen MR) is 56.0 cm³/mol. The van der Waals surface area contributed by atoms with E-state index in [9.17, 15) is 9.59 Å². The second-order valence-electron chi connectivity index (χ2n) is 3.27. The molecule has 1 aromatic rings. The van der Waals surface area contributed by atoms with Gasteiger partial charge in [-0.05, 0) is 23.8 Å². The molecule has 0 amide bonds. The van der Waals surface area contributed by atoms with Gasteiger partial charge >= 0.3 is 0 Å². The molecular formula is C12H10O3. The number of rotatable bonds is 2. The SMILES string of the molecule is O=CC=Cc1ccc2c(c1)C(=O)CCO2. The zero-order valence-electron chi connectivity index (χ0n) is 8.10. The first-order valence-corrected chi connectivity index (χ1v) is 4.73. The molecule has 0 aromatic heterocycles. The van der Waals surface area contributed by atoms with Crippen molar-refractivity contribution in [3.8, 4) is 5.75 Å². The molecule has 0 bridgehead atoms. The zero-order valence-corrected chi connectivity index (χ0v) is 8.10. The van der Waals surface area contributed by atoms with E-state index in [2.05, 4.69) is 0 Å². The van der Waals surface area contributed by atoms with Gasteiger partial charge in [0.25, 0.3) is 0 Å². The smallest absolute Gasteiger partial charge is 0.170 e. The van der Waals surface area contributed by atoms with Gasteiger partial charge in [0.1, 0.15) is 12.0 Å². The summed E-state index contributed by atoms with van der Waals surface area (Å²) in [6, 6.07) is 5.32. The van der Waals surface area contributed by atoms with Gasteiger partial charge in [0.15, 0.2) is 5.78 Å². The second kappa shape index (κ2) is 4.09. The van der Waals surface area contributed by atoms with E-state index in [1.54, 1.807) is 18.2 Å². The molecule has 0 fully saturated rings. The van der Waals surface area contributed by atoms with Crippen LogP contribution in [0.3, 0.4) is 0 Å². The van der Waals surface area contributed by atoms with Crippen molar-refractivity contribution in [2.75, 3.05) is 6.61 Å². The first kappa shape index (κ1) is 9.65. The van der Waals surface area contributed by atoms with Crippen LogP contribution in [0.2, 0.25) is 0 Å². The summed E-state index contributed by atoms with van der Waals surface area (Å²) in [5, 5.41) is 0. The van der Waals surface area contributed by atoms with Gasteiger partial charge in [-0.2, -0.15) is 0 Å². The van der Waals surface area contributed by atoms with Crippen LogP contribution in [-0.2, 0) is 4.79 Å². The molecule has 0 saturated heterocycles. The van der Waals surface area contributed by atoms with E-state index in [1.165, 1.54) is 6.08 Å². The van der Waals surface area contributed by atoms with Crippen LogP contribution in [0, 0.1) is 0 Å². The van der Waals surface area contributed by atoms with Gasteiger partial charge in [0.2, 0.25) is 0 Å². The molecule has 3 heteroatoms. The van der Waals surface area contributed by atoms with E-state index in [-0.39, 0.29) is 5.78 Å². The quantitative estimate of drug-likeness (QED) is 0.543. The average Bonchev–Trinajstić information content (AvgIpc) is 2.27. The van der Waals surface area contributed by atoms with Crippen LogP contribution in [-0.4, -0.2) is 18.7 Å². The maximum Gasteiger partial charge on any atom is 0.170 e. The lowest BCUT2D eigenvalue weighted by atomic mass is 10.0. The molecule has 76 valence electrons. The number of hydrogen-bond acceptors (Lipinski definition) is 3. The third-order valence-corrected chi connectivity index (χ3v) is 2.26. The normalized spacial score (nSPS) is 14.8. The van der Waals surface area contributed by atoms with E-state index < -0.39 is 0 Å². The first-order chi connectivity index (χ1) is 7.31. The van der Waals surface area contributed by atoms with E-state index in [0.29, 0.717) is 30.6 Å². The Hall–Kier alpha value is -1.90. The molecule has 3 nitrogen and oxygen atoms in total. The molecule has 0 N–H and O–H groups in total. The van der Waals surface area contributed by atoms with Crippen molar-refractivity contribution in [1.82, 2.24) is 0 Å². The third-order valence-electron chi connectivity index (χ3n) is 2.26. The summed E-state index contributed by atoms with van der Waals surface area (Å²) in [7, 11) is 0. The van der Waals surface area contributed by atoms with E-state index in [1.807, 2.05) is 6.07 Å². The van der Waals surface area contributed by atoms with Gasteiger partial charge in [-0.25, -0.2) is 0 Å². The highest BCUT2D eigenvalue weighted by molar-refractivity contribution is 6.00. The average molecular weight is 202 g/mol. The molecule has 1 heterocycles. The Balaban J connectivity index is 2.39. The minimum atomic E-state index is 0.0950. The summed E-state index contributed by atoms with van der Waals surface area (Å²) >= 11 is 0. The highest BCUT2D eigenvalue weighted by atomic mass is 16.5. The second-order valence-corrected chi connectivity index (χ2v) is 3.27. The number of ether oxygens (including phenoxy) is 1. The molecule has 0 atom stereocenters. The number of hydrogen-bond donors (Lipinski definition) is 0. The summed E-state index contributed by atoms with van der Waals surface area (Å²) in [5.74, 6) is 0.729. The Morgan fingerprint density at radius 1 is 1.33 bits per heavy atom. The van der Waals surface area contributed by atoms with Crippen molar-refractivity contribution in [1.29, 1.82) is 0 Å². The molecule has 15 heavy (non-hydrogen) atoms. The van der Waals surface area contributed by atoms with Gasteiger partial charge in [-0.15, -0.1) is 0 Å². The summed E-state index contributed by atoms with van der Waals surface area (Å²) < 4.78 is 5.34. The lowest BCUT2D eigenvalue weighted by Gasteiger charge is -2.16. The Kier molecular flexibility index (Phi) is 2.63. The van der Waals surface area contributed by atoms with Crippen LogP contribution in [0.1, 0.15) is 22.3 Å². The van der Waals surface area contributed by atoms with Crippen LogP contribution >= 0.6 is 0 Å². The summed E-state index contributed by atoms with van der Waals surface area (Å²) in [5.41, 5.74) is 1.44. The fraction of sp³-hybridized carbons (Fsp3) is 0.167. The molecule has 1 aromatic carbocycles.